The van der Waals surface area contributed by atoms with Crippen molar-refractivity contribution in [1.82, 2.24) is 5.43 Å². The second kappa shape index (κ2) is 6.19. The SMILES string of the molecule is COc1cccc2c1N1C(=NNC1c1ccccc1OC(F)(F)F)C(C)=N2. The van der Waals surface area contributed by atoms with Crippen molar-refractivity contribution in [2.24, 2.45) is 10.1 Å². The largest absolute Gasteiger partial charge is 0.573 e. The number of alkyl halides is 3. The Labute approximate surface area is 152 Å². The van der Waals surface area contributed by atoms with Crippen LogP contribution >= 0.6 is 0 Å². The second-order valence-electron chi connectivity index (χ2n) is 5.95. The molecule has 0 saturated carbocycles. The minimum Gasteiger partial charge on any atom is -0.494 e. The Hall–Kier alpha value is -3.23. The first-order valence-corrected chi connectivity index (χ1v) is 8.09. The van der Waals surface area contributed by atoms with Crippen LogP contribution in [0.5, 0.6) is 11.5 Å². The van der Waals surface area contributed by atoms with Gasteiger partial charge in [-0.2, -0.15) is 5.10 Å². The lowest BCUT2D eigenvalue weighted by atomic mass is 10.1. The predicted octanol–water partition coefficient (Wildman–Crippen LogP) is 4.12. The fraction of sp³-hybridized carbons (Fsp3) is 0.222. The minimum atomic E-state index is -4.80. The smallest absolute Gasteiger partial charge is 0.494 e. The second-order valence-corrected chi connectivity index (χ2v) is 5.95. The van der Waals surface area contributed by atoms with Gasteiger partial charge in [0.15, 0.2) is 12.0 Å². The number of nitrogens with one attached hydrogen (secondary N) is 1. The lowest BCUT2D eigenvalue weighted by Crippen LogP contribution is -2.39. The van der Waals surface area contributed by atoms with Crippen LogP contribution < -0.4 is 19.8 Å². The summed E-state index contributed by atoms with van der Waals surface area (Å²) < 4.78 is 48.2. The van der Waals surface area contributed by atoms with Crippen molar-refractivity contribution in [2.45, 2.75) is 19.5 Å². The highest BCUT2D eigenvalue weighted by Crippen LogP contribution is 2.46. The van der Waals surface area contributed by atoms with Crippen LogP contribution in [0.25, 0.3) is 0 Å². The maximum absolute atomic E-state index is 12.8. The molecule has 0 amide bonds. The zero-order valence-corrected chi connectivity index (χ0v) is 14.4. The molecule has 4 rings (SSSR count). The number of benzene rings is 2. The van der Waals surface area contributed by atoms with Crippen LogP contribution in [-0.2, 0) is 0 Å². The molecule has 2 heterocycles. The quantitative estimate of drug-likeness (QED) is 0.876. The fourth-order valence-electron chi connectivity index (χ4n) is 3.22. The van der Waals surface area contributed by atoms with Gasteiger partial charge in [-0.25, -0.2) is 4.99 Å². The van der Waals surface area contributed by atoms with E-state index < -0.39 is 12.5 Å². The van der Waals surface area contributed by atoms with Gasteiger partial charge in [-0.3, -0.25) is 10.3 Å². The number of anilines is 1. The van der Waals surface area contributed by atoms with Crippen LogP contribution in [0.3, 0.4) is 0 Å². The van der Waals surface area contributed by atoms with Crippen molar-refractivity contribution in [1.29, 1.82) is 0 Å². The van der Waals surface area contributed by atoms with Gasteiger partial charge in [-0.1, -0.05) is 24.3 Å². The van der Waals surface area contributed by atoms with Gasteiger partial charge in [0.2, 0.25) is 0 Å². The maximum atomic E-state index is 12.8. The number of rotatable bonds is 3. The molecule has 0 bridgehead atoms. The van der Waals surface area contributed by atoms with Crippen LogP contribution in [0, 0.1) is 0 Å². The van der Waals surface area contributed by atoms with Crippen LogP contribution in [0.4, 0.5) is 24.5 Å². The lowest BCUT2D eigenvalue weighted by molar-refractivity contribution is -0.275. The molecule has 140 valence electrons. The number of fused-ring (bicyclic) bond motifs is 3. The highest BCUT2D eigenvalue weighted by Gasteiger charge is 2.40. The molecule has 1 atom stereocenters. The third-order valence-electron chi connectivity index (χ3n) is 4.27. The number of amidine groups is 1. The van der Waals surface area contributed by atoms with Crippen molar-refractivity contribution >= 4 is 22.9 Å². The summed E-state index contributed by atoms with van der Waals surface area (Å²) in [5.74, 6) is 0.758. The number of ether oxygens (including phenoxy) is 2. The van der Waals surface area contributed by atoms with Crippen LogP contribution in [0.2, 0.25) is 0 Å². The van der Waals surface area contributed by atoms with Crippen LogP contribution in [0.1, 0.15) is 18.7 Å². The van der Waals surface area contributed by atoms with Gasteiger partial charge < -0.3 is 9.47 Å². The average molecular weight is 376 g/mol. The molecule has 0 spiro atoms. The summed E-state index contributed by atoms with van der Waals surface area (Å²) in [6.45, 7) is 1.79. The summed E-state index contributed by atoms with van der Waals surface area (Å²) in [6.07, 6.45) is -5.51. The molecule has 2 aliphatic rings. The van der Waals surface area contributed by atoms with E-state index in [1.165, 1.54) is 19.2 Å². The van der Waals surface area contributed by atoms with Crippen molar-refractivity contribution in [2.75, 3.05) is 12.0 Å². The number of methoxy groups -OCH3 is 1. The normalized spacial score (nSPS) is 18.1. The third-order valence-corrected chi connectivity index (χ3v) is 4.27. The number of halogens is 3. The average Bonchev–Trinajstić information content (AvgIpc) is 3.06. The molecular weight excluding hydrogens is 361 g/mol. The molecule has 1 N–H and O–H groups in total. The summed E-state index contributed by atoms with van der Waals surface area (Å²) in [7, 11) is 1.52. The predicted molar refractivity (Wildman–Crippen MR) is 94.7 cm³/mol. The molecule has 1 unspecified atom stereocenters. The van der Waals surface area contributed by atoms with E-state index in [9.17, 15) is 13.2 Å². The van der Waals surface area contributed by atoms with E-state index in [1.54, 1.807) is 36.1 Å². The number of hydrogen-bond donors (Lipinski definition) is 1. The number of nitrogens with zero attached hydrogens (tertiary/aromatic N) is 3. The fourth-order valence-corrected chi connectivity index (χ4v) is 3.22. The molecule has 0 saturated heterocycles. The first kappa shape index (κ1) is 17.2. The van der Waals surface area contributed by atoms with Crippen molar-refractivity contribution in [3.05, 3.63) is 48.0 Å². The van der Waals surface area contributed by atoms with E-state index in [2.05, 4.69) is 20.3 Å². The van der Waals surface area contributed by atoms with Crippen molar-refractivity contribution < 1.29 is 22.6 Å². The van der Waals surface area contributed by atoms with Gasteiger partial charge in [-0.05, 0) is 25.1 Å². The summed E-state index contributed by atoms with van der Waals surface area (Å²) in [5, 5.41) is 4.28. The van der Waals surface area contributed by atoms with Gasteiger partial charge in [0.1, 0.15) is 17.2 Å². The van der Waals surface area contributed by atoms with E-state index in [1.807, 2.05) is 6.07 Å². The molecule has 0 aromatic heterocycles. The van der Waals surface area contributed by atoms with E-state index in [0.29, 0.717) is 34.2 Å². The molecule has 0 radical (unpaired) electrons. The third kappa shape index (κ3) is 2.94. The van der Waals surface area contributed by atoms with Crippen molar-refractivity contribution in [3.63, 3.8) is 0 Å². The molecule has 2 aromatic carbocycles. The molecule has 0 aliphatic carbocycles. The summed E-state index contributed by atoms with van der Waals surface area (Å²) >= 11 is 0. The molecular formula is C18H15F3N4O2. The molecule has 6 nitrogen and oxygen atoms in total. The van der Waals surface area contributed by atoms with E-state index >= 15 is 0 Å². The van der Waals surface area contributed by atoms with Gasteiger partial charge in [0.25, 0.3) is 0 Å². The Kier molecular flexibility index (Phi) is 3.94. The van der Waals surface area contributed by atoms with E-state index in [0.717, 1.165) is 0 Å². The Morgan fingerprint density at radius 1 is 1.07 bits per heavy atom. The number of para-hydroxylation sites is 2. The zero-order valence-electron chi connectivity index (χ0n) is 14.4. The lowest BCUT2D eigenvalue weighted by Gasteiger charge is -2.32. The van der Waals surface area contributed by atoms with E-state index in [4.69, 9.17) is 4.74 Å². The molecule has 0 fully saturated rings. The minimum absolute atomic E-state index is 0.292. The Balaban J connectivity index is 1.84. The van der Waals surface area contributed by atoms with Gasteiger partial charge >= 0.3 is 6.36 Å². The Morgan fingerprint density at radius 2 is 1.81 bits per heavy atom. The monoisotopic (exact) mass is 376 g/mol. The zero-order chi connectivity index (χ0) is 19.2. The molecule has 27 heavy (non-hydrogen) atoms. The highest BCUT2D eigenvalue weighted by atomic mass is 19.4. The highest BCUT2D eigenvalue weighted by molar-refractivity contribution is 6.48. The Morgan fingerprint density at radius 3 is 2.56 bits per heavy atom. The standard InChI is InChI=1S/C18H15F3N4O2/c1-10-16-23-24-17(11-6-3-4-8-13(11)27-18(19,20)21)25(16)15-12(22-10)7-5-9-14(15)26-2/h3-9,17,24H,1-2H3. The number of hydrazone groups is 1. The summed E-state index contributed by atoms with van der Waals surface area (Å²) in [4.78, 5) is 6.29. The van der Waals surface area contributed by atoms with Gasteiger partial charge in [0.05, 0.1) is 18.5 Å². The summed E-state index contributed by atoms with van der Waals surface area (Å²) in [5.41, 5.74) is 5.10. The number of aliphatic imine (C=N–C) groups is 1. The Bertz CT molecular complexity index is 956. The van der Waals surface area contributed by atoms with Crippen LogP contribution in [0.15, 0.2) is 52.6 Å². The van der Waals surface area contributed by atoms with Crippen LogP contribution in [-0.4, -0.2) is 25.0 Å². The van der Waals surface area contributed by atoms with Gasteiger partial charge in [0, 0.05) is 5.56 Å². The molecule has 2 aliphatic heterocycles. The van der Waals surface area contributed by atoms with E-state index in [-0.39, 0.29) is 5.75 Å². The van der Waals surface area contributed by atoms with Crippen molar-refractivity contribution in [3.8, 4) is 11.5 Å². The first-order chi connectivity index (χ1) is 12.9. The number of hydrogen-bond acceptors (Lipinski definition) is 6. The maximum Gasteiger partial charge on any atom is 0.573 e. The first-order valence-electron chi connectivity index (χ1n) is 8.09. The summed E-state index contributed by atoms with van der Waals surface area (Å²) in [6, 6.07) is 11.3. The van der Waals surface area contributed by atoms with Gasteiger partial charge in [-0.15, -0.1) is 13.2 Å². The topological polar surface area (TPSA) is 58.5 Å². The molecule has 2 aromatic rings. The molecule has 9 heteroatoms.